The third kappa shape index (κ3) is 2.59. The fourth-order valence-corrected chi connectivity index (χ4v) is 1.49. The Morgan fingerprint density at radius 1 is 1.41 bits per heavy atom. The van der Waals surface area contributed by atoms with Gasteiger partial charge in [-0.15, -0.1) is 10.2 Å². The summed E-state index contributed by atoms with van der Waals surface area (Å²) in [7, 11) is 3.41. The SMILES string of the molecule is COc1ccc(C(O)Cc2nccn2C)nn1. The summed E-state index contributed by atoms with van der Waals surface area (Å²) in [4.78, 5) is 4.15. The van der Waals surface area contributed by atoms with E-state index in [4.69, 9.17) is 4.74 Å². The van der Waals surface area contributed by atoms with Gasteiger partial charge in [-0.2, -0.15) is 0 Å². The Balaban J connectivity index is 2.09. The van der Waals surface area contributed by atoms with Gasteiger partial charge in [-0.25, -0.2) is 4.98 Å². The lowest BCUT2D eigenvalue weighted by Crippen LogP contribution is -2.09. The molecular formula is C11H14N4O2. The van der Waals surface area contributed by atoms with Crippen molar-refractivity contribution in [3.8, 4) is 5.88 Å². The van der Waals surface area contributed by atoms with E-state index in [-0.39, 0.29) is 0 Å². The van der Waals surface area contributed by atoms with Crippen molar-refractivity contribution in [2.75, 3.05) is 7.11 Å². The Morgan fingerprint density at radius 3 is 2.76 bits per heavy atom. The number of aliphatic hydroxyl groups is 1. The molecule has 0 aliphatic carbocycles. The molecule has 0 spiro atoms. The van der Waals surface area contributed by atoms with Crippen molar-refractivity contribution in [3.05, 3.63) is 36.0 Å². The Morgan fingerprint density at radius 2 is 2.24 bits per heavy atom. The maximum Gasteiger partial charge on any atom is 0.233 e. The molecule has 1 N–H and O–H groups in total. The first-order valence-electron chi connectivity index (χ1n) is 5.22. The predicted molar refractivity (Wildman–Crippen MR) is 60.5 cm³/mol. The first kappa shape index (κ1) is 11.5. The normalized spacial score (nSPS) is 12.4. The van der Waals surface area contributed by atoms with Gasteiger partial charge in [0.1, 0.15) is 11.9 Å². The molecule has 1 atom stereocenters. The molecule has 0 radical (unpaired) electrons. The highest BCUT2D eigenvalue weighted by Crippen LogP contribution is 2.15. The fourth-order valence-electron chi connectivity index (χ4n) is 1.49. The number of imidazole rings is 1. The zero-order valence-corrected chi connectivity index (χ0v) is 9.74. The van der Waals surface area contributed by atoms with Crippen LogP contribution in [-0.4, -0.2) is 32.0 Å². The number of ether oxygens (including phenoxy) is 1. The third-order valence-corrected chi connectivity index (χ3v) is 2.51. The lowest BCUT2D eigenvalue weighted by molar-refractivity contribution is 0.168. The Labute approximate surface area is 98.9 Å². The lowest BCUT2D eigenvalue weighted by Gasteiger charge is -2.09. The maximum atomic E-state index is 9.98. The zero-order valence-electron chi connectivity index (χ0n) is 9.74. The number of aromatic nitrogens is 4. The standard InChI is InChI=1S/C11H14N4O2/c1-15-6-5-12-10(15)7-9(16)8-3-4-11(17-2)14-13-8/h3-6,9,16H,7H2,1-2H3. The molecule has 0 amide bonds. The summed E-state index contributed by atoms with van der Waals surface area (Å²) in [6, 6.07) is 3.36. The Hall–Kier alpha value is -1.95. The highest BCUT2D eigenvalue weighted by molar-refractivity contribution is 5.14. The van der Waals surface area contributed by atoms with Gasteiger partial charge in [0.25, 0.3) is 0 Å². The van der Waals surface area contributed by atoms with Crippen molar-refractivity contribution in [2.45, 2.75) is 12.5 Å². The average Bonchev–Trinajstić information content (AvgIpc) is 2.75. The van der Waals surface area contributed by atoms with E-state index in [0.29, 0.717) is 18.0 Å². The van der Waals surface area contributed by atoms with Gasteiger partial charge < -0.3 is 14.4 Å². The maximum absolute atomic E-state index is 9.98. The van der Waals surface area contributed by atoms with Gasteiger partial charge in [0.2, 0.25) is 5.88 Å². The van der Waals surface area contributed by atoms with Crippen LogP contribution in [0.2, 0.25) is 0 Å². The Bertz CT molecular complexity index is 480. The van der Waals surface area contributed by atoms with E-state index < -0.39 is 6.10 Å². The molecule has 17 heavy (non-hydrogen) atoms. The van der Waals surface area contributed by atoms with Crippen molar-refractivity contribution in [3.63, 3.8) is 0 Å². The minimum Gasteiger partial charge on any atom is -0.480 e. The molecule has 90 valence electrons. The number of hydrogen-bond acceptors (Lipinski definition) is 5. The lowest BCUT2D eigenvalue weighted by atomic mass is 10.1. The van der Waals surface area contributed by atoms with E-state index in [1.54, 1.807) is 18.3 Å². The van der Waals surface area contributed by atoms with Gasteiger partial charge in [0.15, 0.2) is 0 Å². The molecule has 2 aromatic rings. The van der Waals surface area contributed by atoms with E-state index in [2.05, 4.69) is 15.2 Å². The van der Waals surface area contributed by atoms with Crippen molar-refractivity contribution >= 4 is 0 Å². The number of aliphatic hydroxyl groups excluding tert-OH is 1. The van der Waals surface area contributed by atoms with E-state index in [1.165, 1.54) is 7.11 Å². The van der Waals surface area contributed by atoms with E-state index in [9.17, 15) is 5.11 Å². The molecule has 6 heteroatoms. The van der Waals surface area contributed by atoms with Crippen LogP contribution in [0.15, 0.2) is 24.5 Å². The van der Waals surface area contributed by atoms with Gasteiger partial charge >= 0.3 is 0 Å². The van der Waals surface area contributed by atoms with Crippen LogP contribution in [-0.2, 0) is 13.5 Å². The second-order valence-corrected chi connectivity index (χ2v) is 3.67. The molecule has 0 bridgehead atoms. The summed E-state index contributed by atoms with van der Waals surface area (Å²) < 4.78 is 6.76. The quantitative estimate of drug-likeness (QED) is 0.833. The minimum atomic E-state index is -0.713. The van der Waals surface area contributed by atoms with Crippen LogP contribution in [0.3, 0.4) is 0 Å². The van der Waals surface area contributed by atoms with Crippen LogP contribution >= 0.6 is 0 Å². The number of hydrogen-bond donors (Lipinski definition) is 1. The Kier molecular flexibility index (Phi) is 3.34. The van der Waals surface area contributed by atoms with Crippen LogP contribution in [0.25, 0.3) is 0 Å². The molecule has 0 aliphatic heterocycles. The highest BCUT2D eigenvalue weighted by atomic mass is 16.5. The summed E-state index contributed by atoms with van der Waals surface area (Å²) in [5, 5.41) is 17.7. The number of nitrogens with zero attached hydrogens (tertiary/aromatic N) is 4. The molecule has 0 aromatic carbocycles. The molecular weight excluding hydrogens is 220 g/mol. The number of aryl methyl sites for hydroxylation is 1. The van der Waals surface area contributed by atoms with Crippen LogP contribution in [0.4, 0.5) is 0 Å². The highest BCUT2D eigenvalue weighted by Gasteiger charge is 2.13. The van der Waals surface area contributed by atoms with Gasteiger partial charge in [-0.1, -0.05) is 0 Å². The van der Waals surface area contributed by atoms with Crippen LogP contribution in [0.1, 0.15) is 17.6 Å². The van der Waals surface area contributed by atoms with Gasteiger partial charge in [0.05, 0.1) is 12.8 Å². The summed E-state index contributed by atoms with van der Waals surface area (Å²) in [5.74, 6) is 1.23. The average molecular weight is 234 g/mol. The molecule has 0 saturated carbocycles. The van der Waals surface area contributed by atoms with E-state index in [1.807, 2.05) is 17.8 Å². The molecule has 2 rings (SSSR count). The van der Waals surface area contributed by atoms with E-state index >= 15 is 0 Å². The third-order valence-electron chi connectivity index (χ3n) is 2.51. The molecule has 0 fully saturated rings. The molecule has 0 aliphatic rings. The smallest absolute Gasteiger partial charge is 0.233 e. The molecule has 2 heterocycles. The second-order valence-electron chi connectivity index (χ2n) is 3.67. The van der Waals surface area contributed by atoms with Crippen molar-refractivity contribution in [1.29, 1.82) is 0 Å². The number of methoxy groups -OCH3 is 1. The predicted octanol–water partition coefficient (Wildman–Crippen LogP) is 0.495. The summed E-state index contributed by atoms with van der Waals surface area (Å²) >= 11 is 0. The van der Waals surface area contributed by atoms with Crippen molar-refractivity contribution < 1.29 is 9.84 Å². The monoisotopic (exact) mass is 234 g/mol. The largest absolute Gasteiger partial charge is 0.480 e. The first-order valence-corrected chi connectivity index (χ1v) is 5.22. The topological polar surface area (TPSA) is 73.1 Å². The van der Waals surface area contributed by atoms with Gasteiger partial charge in [-0.3, -0.25) is 0 Å². The van der Waals surface area contributed by atoms with Crippen molar-refractivity contribution in [1.82, 2.24) is 19.7 Å². The second kappa shape index (κ2) is 4.92. The molecule has 2 aromatic heterocycles. The van der Waals surface area contributed by atoms with Gasteiger partial charge in [0, 0.05) is 31.9 Å². The summed E-state index contributed by atoms with van der Waals surface area (Å²) in [6.45, 7) is 0. The van der Waals surface area contributed by atoms with Gasteiger partial charge in [-0.05, 0) is 6.07 Å². The van der Waals surface area contributed by atoms with Crippen LogP contribution < -0.4 is 4.74 Å². The van der Waals surface area contributed by atoms with Crippen molar-refractivity contribution in [2.24, 2.45) is 7.05 Å². The minimum absolute atomic E-state index is 0.407. The van der Waals surface area contributed by atoms with Crippen LogP contribution in [0.5, 0.6) is 5.88 Å². The first-order chi connectivity index (χ1) is 8.20. The van der Waals surface area contributed by atoms with E-state index in [0.717, 1.165) is 5.82 Å². The molecule has 0 saturated heterocycles. The van der Waals surface area contributed by atoms with Crippen LogP contribution in [0, 0.1) is 0 Å². The molecule has 1 unspecified atom stereocenters. The summed E-state index contributed by atoms with van der Waals surface area (Å²) in [6.07, 6.45) is 3.23. The summed E-state index contributed by atoms with van der Waals surface area (Å²) in [5.41, 5.74) is 0.508. The fraction of sp³-hybridized carbons (Fsp3) is 0.364. The zero-order chi connectivity index (χ0) is 12.3. The number of rotatable bonds is 4. The molecule has 6 nitrogen and oxygen atoms in total.